The molecule has 0 unspecified atom stereocenters. The molecule has 1 aromatic heterocycles. The van der Waals surface area contributed by atoms with Crippen LogP contribution in [-0.2, 0) is 25.1 Å². The topological polar surface area (TPSA) is 89.5 Å². The maximum atomic E-state index is 12.4. The molecule has 0 saturated heterocycles. The molecule has 6 nitrogen and oxygen atoms in total. The van der Waals surface area contributed by atoms with E-state index >= 15 is 0 Å². The van der Waals surface area contributed by atoms with Gasteiger partial charge in [0.05, 0.1) is 24.3 Å². The molecule has 8 heteroatoms. The van der Waals surface area contributed by atoms with E-state index in [4.69, 9.17) is 4.74 Å². The minimum Gasteiger partial charge on any atom is -0.465 e. The zero-order chi connectivity index (χ0) is 20.1. The number of fused-ring (bicyclic) bond motifs is 1. The standard InChI is InChI=1S/C20H19NO5S2/c1-26-20(23)19-18(15-9-5-6-10-16(15)27-19)21-17(22)11-12-28(24,25)13-14-7-3-2-4-8-14/h2-10H,11-13H2,1H3,(H,21,22). The predicted octanol–water partition coefficient (Wildman–Crippen LogP) is 3.63. The van der Waals surface area contributed by atoms with E-state index in [9.17, 15) is 18.0 Å². The van der Waals surface area contributed by atoms with Crippen molar-refractivity contribution in [1.29, 1.82) is 0 Å². The monoisotopic (exact) mass is 417 g/mol. The third-order valence-corrected chi connectivity index (χ3v) is 6.85. The van der Waals surface area contributed by atoms with Crippen LogP contribution in [0.2, 0.25) is 0 Å². The molecule has 146 valence electrons. The number of carbonyl (C=O) groups excluding carboxylic acids is 2. The molecule has 3 aromatic rings. The second-order valence-electron chi connectivity index (χ2n) is 6.17. The first-order chi connectivity index (χ1) is 13.4. The zero-order valence-corrected chi connectivity index (χ0v) is 16.8. The Morgan fingerprint density at radius 3 is 2.43 bits per heavy atom. The Labute approximate surface area is 167 Å². The molecule has 0 saturated carbocycles. The van der Waals surface area contributed by atoms with Gasteiger partial charge >= 0.3 is 5.97 Å². The highest BCUT2D eigenvalue weighted by atomic mass is 32.2. The highest BCUT2D eigenvalue weighted by Gasteiger charge is 2.21. The molecule has 0 radical (unpaired) electrons. The number of amides is 1. The smallest absolute Gasteiger partial charge is 0.350 e. The van der Waals surface area contributed by atoms with Crippen LogP contribution >= 0.6 is 11.3 Å². The van der Waals surface area contributed by atoms with Crippen LogP contribution in [0.5, 0.6) is 0 Å². The molecule has 0 fully saturated rings. The van der Waals surface area contributed by atoms with Crippen LogP contribution in [-0.4, -0.2) is 33.2 Å². The number of hydrogen-bond acceptors (Lipinski definition) is 6. The van der Waals surface area contributed by atoms with Crippen molar-refractivity contribution in [2.24, 2.45) is 0 Å². The number of ether oxygens (including phenoxy) is 1. The van der Waals surface area contributed by atoms with E-state index in [1.165, 1.54) is 18.4 Å². The van der Waals surface area contributed by atoms with Crippen molar-refractivity contribution in [3.8, 4) is 0 Å². The summed E-state index contributed by atoms with van der Waals surface area (Å²) in [6, 6.07) is 16.1. The minimum atomic E-state index is -3.43. The van der Waals surface area contributed by atoms with Gasteiger partial charge < -0.3 is 10.1 Å². The lowest BCUT2D eigenvalue weighted by atomic mass is 10.2. The van der Waals surface area contributed by atoms with Crippen LogP contribution in [0, 0.1) is 0 Å². The molecular formula is C20H19NO5S2. The summed E-state index contributed by atoms with van der Waals surface area (Å²) in [5, 5.41) is 3.41. The molecule has 2 aromatic carbocycles. The van der Waals surface area contributed by atoms with Gasteiger partial charge in [-0.2, -0.15) is 0 Å². The van der Waals surface area contributed by atoms with Gasteiger partial charge in [-0.05, 0) is 11.6 Å². The summed E-state index contributed by atoms with van der Waals surface area (Å²) in [6.07, 6.45) is -0.194. The van der Waals surface area contributed by atoms with Crippen LogP contribution in [0.1, 0.15) is 21.7 Å². The fraction of sp³-hybridized carbons (Fsp3) is 0.200. The van der Waals surface area contributed by atoms with Gasteiger partial charge in [0.2, 0.25) is 5.91 Å². The van der Waals surface area contributed by atoms with Gasteiger partial charge in [0.25, 0.3) is 0 Å². The second-order valence-corrected chi connectivity index (χ2v) is 9.41. The number of hydrogen-bond donors (Lipinski definition) is 1. The first kappa shape index (κ1) is 20.0. The molecule has 0 spiro atoms. The number of sulfone groups is 1. The van der Waals surface area contributed by atoms with Crippen molar-refractivity contribution in [1.82, 2.24) is 0 Å². The van der Waals surface area contributed by atoms with E-state index in [-0.39, 0.29) is 22.8 Å². The Balaban J connectivity index is 1.72. The summed E-state index contributed by atoms with van der Waals surface area (Å²) in [5.41, 5.74) is 1.04. The van der Waals surface area contributed by atoms with Gasteiger partial charge in [0.15, 0.2) is 9.84 Å². The molecular weight excluding hydrogens is 398 g/mol. The van der Waals surface area contributed by atoms with E-state index in [0.717, 1.165) is 4.70 Å². The summed E-state index contributed by atoms with van der Waals surface area (Å²) < 4.78 is 30.2. The van der Waals surface area contributed by atoms with E-state index < -0.39 is 21.7 Å². The lowest BCUT2D eigenvalue weighted by molar-refractivity contribution is -0.115. The van der Waals surface area contributed by atoms with Gasteiger partial charge in [0, 0.05) is 16.5 Å². The minimum absolute atomic E-state index is 0.115. The van der Waals surface area contributed by atoms with Crippen molar-refractivity contribution in [3.05, 3.63) is 65.0 Å². The summed E-state index contributed by atoms with van der Waals surface area (Å²) in [4.78, 5) is 24.7. The number of esters is 1. The van der Waals surface area contributed by atoms with E-state index in [2.05, 4.69) is 5.32 Å². The maximum Gasteiger partial charge on any atom is 0.350 e. The van der Waals surface area contributed by atoms with Crippen LogP contribution in [0.25, 0.3) is 10.1 Å². The van der Waals surface area contributed by atoms with Crippen LogP contribution in [0.4, 0.5) is 5.69 Å². The van der Waals surface area contributed by atoms with E-state index in [1.54, 1.807) is 36.4 Å². The largest absolute Gasteiger partial charge is 0.465 e. The highest BCUT2D eigenvalue weighted by Crippen LogP contribution is 2.36. The third kappa shape index (κ3) is 4.76. The summed E-state index contributed by atoms with van der Waals surface area (Å²) in [6.45, 7) is 0. The first-order valence-electron chi connectivity index (χ1n) is 8.53. The van der Waals surface area contributed by atoms with Crippen molar-refractivity contribution in [3.63, 3.8) is 0 Å². The lowest BCUT2D eigenvalue weighted by Crippen LogP contribution is -2.19. The van der Waals surface area contributed by atoms with Gasteiger partial charge in [-0.1, -0.05) is 48.5 Å². The van der Waals surface area contributed by atoms with Gasteiger partial charge in [-0.15, -0.1) is 11.3 Å². The average Bonchev–Trinajstić information content (AvgIpc) is 3.05. The Kier molecular flexibility index (Phi) is 6.11. The lowest BCUT2D eigenvalue weighted by Gasteiger charge is -2.08. The number of rotatable bonds is 7. The molecule has 0 aliphatic heterocycles. The Bertz CT molecular complexity index is 1100. The molecule has 1 heterocycles. The fourth-order valence-electron chi connectivity index (χ4n) is 2.76. The zero-order valence-electron chi connectivity index (χ0n) is 15.2. The van der Waals surface area contributed by atoms with E-state index in [1.807, 2.05) is 18.2 Å². The van der Waals surface area contributed by atoms with Gasteiger partial charge in [0.1, 0.15) is 4.88 Å². The highest BCUT2D eigenvalue weighted by molar-refractivity contribution is 7.90. The maximum absolute atomic E-state index is 12.4. The first-order valence-corrected chi connectivity index (χ1v) is 11.2. The summed E-state index contributed by atoms with van der Waals surface area (Å²) in [7, 11) is -2.16. The number of thiophene rings is 1. The van der Waals surface area contributed by atoms with Crippen molar-refractivity contribution >= 4 is 48.8 Å². The van der Waals surface area contributed by atoms with Crippen molar-refractivity contribution < 1.29 is 22.7 Å². The fourth-order valence-corrected chi connectivity index (χ4v) is 5.17. The summed E-state index contributed by atoms with van der Waals surface area (Å²) >= 11 is 1.22. The molecule has 0 bridgehead atoms. The second kappa shape index (κ2) is 8.53. The Morgan fingerprint density at radius 2 is 1.71 bits per heavy atom. The number of carbonyl (C=O) groups is 2. The SMILES string of the molecule is COC(=O)c1sc2ccccc2c1NC(=O)CCS(=O)(=O)Cc1ccccc1. The van der Waals surface area contributed by atoms with Crippen molar-refractivity contribution in [2.45, 2.75) is 12.2 Å². The molecule has 0 atom stereocenters. The number of anilines is 1. The van der Waals surface area contributed by atoms with Crippen LogP contribution < -0.4 is 5.32 Å². The van der Waals surface area contributed by atoms with Crippen LogP contribution in [0.15, 0.2) is 54.6 Å². The molecule has 28 heavy (non-hydrogen) atoms. The normalized spacial score (nSPS) is 11.3. The van der Waals surface area contributed by atoms with E-state index in [0.29, 0.717) is 16.6 Å². The van der Waals surface area contributed by atoms with Crippen LogP contribution in [0.3, 0.4) is 0 Å². The summed E-state index contributed by atoms with van der Waals surface area (Å²) in [5.74, 6) is -1.40. The van der Waals surface area contributed by atoms with Crippen molar-refractivity contribution in [2.75, 3.05) is 18.2 Å². The Hall–Kier alpha value is -2.71. The molecule has 1 N–H and O–H groups in total. The third-order valence-electron chi connectivity index (χ3n) is 4.10. The number of nitrogens with one attached hydrogen (secondary N) is 1. The number of methoxy groups -OCH3 is 1. The van der Waals surface area contributed by atoms with Gasteiger partial charge in [-0.25, -0.2) is 13.2 Å². The van der Waals surface area contributed by atoms with Gasteiger partial charge in [-0.3, -0.25) is 4.79 Å². The predicted molar refractivity (Wildman–Crippen MR) is 110 cm³/mol. The Morgan fingerprint density at radius 1 is 1.04 bits per heavy atom. The molecule has 1 amide bonds. The molecule has 0 aliphatic rings. The number of benzene rings is 2. The average molecular weight is 418 g/mol. The molecule has 3 rings (SSSR count). The molecule has 0 aliphatic carbocycles. The quantitative estimate of drug-likeness (QED) is 0.593.